The molecule has 86 valence electrons. The second-order valence-electron chi connectivity index (χ2n) is 3.39. The first-order valence-corrected chi connectivity index (χ1v) is 5.09. The topological polar surface area (TPSA) is 84.7 Å². The molecule has 0 aromatic heterocycles. The average molecular weight is 215 g/mol. The molecule has 2 amide bonds. The van der Waals surface area contributed by atoms with Crippen LogP contribution in [0.4, 0.5) is 4.79 Å². The first-order chi connectivity index (χ1) is 7.15. The SMILES string of the molecule is CCNC1CCN(CCOC(N)=O)C1=O. The number of likely N-dealkylation sites (N-methyl/N-ethyl adjacent to an activating group) is 1. The van der Waals surface area contributed by atoms with Crippen LogP contribution < -0.4 is 11.1 Å². The predicted octanol–water partition coefficient (Wildman–Crippen LogP) is -0.708. The Labute approximate surface area is 88.7 Å². The minimum absolute atomic E-state index is 0.0740. The van der Waals surface area contributed by atoms with Crippen molar-refractivity contribution in [2.45, 2.75) is 19.4 Å². The summed E-state index contributed by atoms with van der Waals surface area (Å²) in [5.41, 5.74) is 4.81. The van der Waals surface area contributed by atoms with Crippen molar-refractivity contribution in [1.29, 1.82) is 0 Å². The summed E-state index contributed by atoms with van der Waals surface area (Å²) in [6, 6.07) is -0.0800. The van der Waals surface area contributed by atoms with Crippen molar-refractivity contribution in [2.75, 3.05) is 26.2 Å². The summed E-state index contributed by atoms with van der Waals surface area (Å²) in [6.07, 6.45) is 0.00774. The number of hydrogen-bond acceptors (Lipinski definition) is 4. The molecule has 0 radical (unpaired) electrons. The minimum Gasteiger partial charge on any atom is -0.448 e. The van der Waals surface area contributed by atoms with E-state index in [1.54, 1.807) is 4.90 Å². The maximum Gasteiger partial charge on any atom is 0.404 e. The van der Waals surface area contributed by atoms with Crippen molar-refractivity contribution < 1.29 is 14.3 Å². The number of rotatable bonds is 5. The normalized spacial score (nSPS) is 20.7. The summed E-state index contributed by atoms with van der Waals surface area (Å²) in [4.78, 5) is 23.6. The Kier molecular flexibility index (Phi) is 4.36. The van der Waals surface area contributed by atoms with Gasteiger partial charge in [-0.05, 0) is 13.0 Å². The van der Waals surface area contributed by atoms with Crippen molar-refractivity contribution in [3.8, 4) is 0 Å². The van der Waals surface area contributed by atoms with E-state index in [9.17, 15) is 9.59 Å². The third kappa shape index (κ3) is 3.39. The Hall–Kier alpha value is -1.30. The van der Waals surface area contributed by atoms with Crippen LogP contribution in [0.5, 0.6) is 0 Å². The summed E-state index contributed by atoms with van der Waals surface area (Å²) in [5, 5.41) is 3.10. The first kappa shape index (κ1) is 11.8. The molecule has 3 N–H and O–H groups in total. The zero-order chi connectivity index (χ0) is 11.3. The van der Waals surface area contributed by atoms with E-state index in [4.69, 9.17) is 5.73 Å². The number of nitrogens with zero attached hydrogens (tertiary/aromatic N) is 1. The van der Waals surface area contributed by atoms with Gasteiger partial charge in [-0.15, -0.1) is 0 Å². The molecule has 0 aromatic rings. The van der Waals surface area contributed by atoms with Gasteiger partial charge < -0.3 is 20.7 Å². The van der Waals surface area contributed by atoms with Crippen molar-refractivity contribution in [3.05, 3.63) is 0 Å². The standard InChI is InChI=1S/C9H17N3O3/c1-2-11-7-3-4-12(8(7)13)5-6-15-9(10)14/h7,11H,2-6H2,1H3,(H2,10,14). The number of nitrogens with one attached hydrogen (secondary N) is 1. The van der Waals surface area contributed by atoms with Crippen LogP contribution in [-0.4, -0.2) is 49.2 Å². The van der Waals surface area contributed by atoms with E-state index in [2.05, 4.69) is 10.1 Å². The number of carbonyl (C=O) groups excluding carboxylic acids is 2. The quantitative estimate of drug-likeness (QED) is 0.634. The van der Waals surface area contributed by atoms with Gasteiger partial charge in [-0.2, -0.15) is 0 Å². The second kappa shape index (κ2) is 5.55. The lowest BCUT2D eigenvalue weighted by atomic mass is 10.2. The molecule has 1 unspecified atom stereocenters. The molecule has 1 aliphatic rings. The van der Waals surface area contributed by atoms with Gasteiger partial charge in [0.1, 0.15) is 6.61 Å². The Morgan fingerprint density at radius 1 is 1.73 bits per heavy atom. The average Bonchev–Trinajstić information content (AvgIpc) is 2.50. The second-order valence-corrected chi connectivity index (χ2v) is 3.39. The van der Waals surface area contributed by atoms with Crippen LogP contribution in [0.1, 0.15) is 13.3 Å². The number of amides is 2. The van der Waals surface area contributed by atoms with Crippen LogP contribution in [0.2, 0.25) is 0 Å². The van der Waals surface area contributed by atoms with E-state index in [1.165, 1.54) is 0 Å². The zero-order valence-corrected chi connectivity index (χ0v) is 8.86. The molecular formula is C9H17N3O3. The molecule has 1 rings (SSSR count). The van der Waals surface area contributed by atoms with Crippen LogP contribution in [-0.2, 0) is 9.53 Å². The molecule has 1 aliphatic heterocycles. The number of ether oxygens (including phenoxy) is 1. The molecule has 1 fully saturated rings. The summed E-state index contributed by atoms with van der Waals surface area (Å²) in [7, 11) is 0. The highest BCUT2D eigenvalue weighted by molar-refractivity contribution is 5.83. The molecule has 6 nitrogen and oxygen atoms in total. The molecule has 15 heavy (non-hydrogen) atoms. The maximum atomic E-state index is 11.7. The van der Waals surface area contributed by atoms with Crippen LogP contribution in [0.3, 0.4) is 0 Å². The fraction of sp³-hybridized carbons (Fsp3) is 0.778. The highest BCUT2D eigenvalue weighted by Gasteiger charge is 2.30. The van der Waals surface area contributed by atoms with E-state index >= 15 is 0 Å². The van der Waals surface area contributed by atoms with Crippen molar-refractivity contribution in [2.24, 2.45) is 5.73 Å². The molecule has 1 atom stereocenters. The largest absolute Gasteiger partial charge is 0.448 e. The van der Waals surface area contributed by atoms with E-state index in [-0.39, 0.29) is 18.6 Å². The van der Waals surface area contributed by atoms with Gasteiger partial charge in [-0.3, -0.25) is 4.79 Å². The van der Waals surface area contributed by atoms with Gasteiger partial charge in [-0.1, -0.05) is 6.92 Å². The predicted molar refractivity (Wildman–Crippen MR) is 54.2 cm³/mol. The summed E-state index contributed by atoms with van der Waals surface area (Å²) in [5.74, 6) is 0.0740. The molecule has 1 heterocycles. The van der Waals surface area contributed by atoms with E-state index < -0.39 is 6.09 Å². The highest BCUT2D eigenvalue weighted by Crippen LogP contribution is 2.10. The number of carbonyl (C=O) groups is 2. The van der Waals surface area contributed by atoms with Crippen molar-refractivity contribution in [1.82, 2.24) is 10.2 Å². The molecule has 0 saturated carbocycles. The van der Waals surface area contributed by atoms with E-state index in [0.717, 1.165) is 13.0 Å². The number of primary amides is 1. The Morgan fingerprint density at radius 2 is 2.47 bits per heavy atom. The van der Waals surface area contributed by atoms with Crippen LogP contribution in [0, 0.1) is 0 Å². The third-order valence-electron chi connectivity index (χ3n) is 2.35. The van der Waals surface area contributed by atoms with Gasteiger partial charge in [0.25, 0.3) is 0 Å². The molecular weight excluding hydrogens is 198 g/mol. The smallest absolute Gasteiger partial charge is 0.404 e. The molecule has 1 saturated heterocycles. The highest BCUT2D eigenvalue weighted by atomic mass is 16.5. The molecule has 0 aromatic carbocycles. The van der Waals surface area contributed by atoms with Crippen LogP contribution >= 0.6 is 0 Å². The van der Waals surface area contributed by atoms with Gasteiger partial charge >= 0.3 is 6.09 Å². The maximum absolute atomic E-state index is 11.7. The van der Waals surface area contributed by atoms with Crippen molar-refractivity contribution in [3.63, 3.8) is 0 Å². The lowest BCUT2D eigenvalue weighted by Gasteiger charge is -2.16. The third-order valence-corrected chi connectivity index (χ3v) is 2.35. The van der Waals surface area contributed by atoms with Gasteiger partial charge in [0, 0.05) is 6.54 Å². The Morgan fingerprint density at radius 3 is 3.07 bits per heavy atom. The van der Waals surface area contributed by atoms with E-state index in [1.807, 2.05) is 6.92 Å². The zero-order valence-electron chi connectivity index (χ0n) is 8.86. The van der Waals surface area contributed by atoms with Crippen molar-refractivity contribution >= 4 is 12.0 Å². The van der Waals surface area contributed by atoms with Gasteiger partial charge in [0.2, 0.25) is 5.91 Å². The number of nitrogens with two attached hydrogens (primary N) is 1. The number of likely N-dealkylation sites (tertiary alicyclic amines) is 1. The minimum atomic E-state index is -0.801. The van der Waals surface area contributed by atoms with E-state index in [0.29, 0.717) is 13.1 Å². The van der Waals surface area contributed by atoms with Crippen LogP contribution in [0.25, 0.3) is 0 Å². The van der Waals surface area contributed by atoms with Crippen LogP contribution in [0.15, 0.2) is 0 Å². The summed E-state index contributed by atoms with van der Waals surface area (Å²) < 4.78 is 4.57. The summed E-state index contributed by atoms with van der Waals surface area (Å²) >= 11 is 0. The monoisotopic (exact) mass is 215 g/mol. The summed E-state index contributed by atoms with van der Waals surface area (Å²) in [6.45, 7) is 4.04. The fourth-order valence-electron chi connectivity index (χ4n) is 1.65. The fourth-order valence-corrected chi connectivity index (χ4v) is 1.65. The first-order valence-electron chi connectivity index (χ1n) is 5.09. The Bertz CT molecular complexity index is 245. The molecule has 6 heteroatoms. The lowest BCUT2D eigenvalue weighted by Crippen LogP contribution is -2.39. The number of hydrogen-bond donors (Lipinski definition) is 2. The lowest BCUT2D eigenvalue weighted by molar-refractivity contribution is -0.129. The Balaban J connectivity index is 2.26. The molecule has 0 aliphatic carbocycles. The molecule has 0 spiro atoms. The molecule has 0 bridgehead atoms. The van der Waals surface area contributed by atoms with Gasteiger partial charge in [0.05, 0.1) is 12.6 Å². The van der Waals surface area contributed by atoms with Gasteiger partial charge in [0.15, 0.2) is 0 Å². The van der Waals surface area contributed by atoms with Gasteiger partial charge in [-0.25, -0.2) is 4.79 Å².